The van der Waals surface area contributed by atoms with Gasteiger partial charge in [0.25, 0.3) is 0 Å². The summed E-state index contributed by atoms with van der Waals surface area (Å²) in [5.74, 6) is -0.0716. The Morgan fingerprint density at radius 1 is 1.08 bits per heavy atom. The maximum absolute atomic E-state index is 13.1. The molecule has 0 saturated carbocycles. The van der Waals surface area contributed by atoms with Crippen LogP contribution in [0, 0.1) is 0 Å². The highest BCUT2D eigenvalue weighted by Crippen LogP contribution is 2.43. The van der Waals surface area contributed by atoms with Crippen LogP contribution in [0.3, 0.4) is 0 Å². The predicted octanol–water partition coefficient (Wildman–Crippen LogP) is 2.04. The highest BCUT2D eigenvalue weighted by molar-refractivity contribution is 7.89. The SMILES string of the molecule is CC(=O)c1ccc(S(=O)(=O)N2C3CCC2CC(n2cncn2)C3)cc1. The zero-order valence-electron chi connectivity index (χ0n) is 13.9. The number of ketones is 1. The van der Waals surface area contributed by atoms with Crippen LogP contribution < -0.4 is 0 Å². The van der Waals surface area contributed by atoms with Gasteiger partial charge in [0, 0.05) is 17.6 Å². The molecule has 1 aromatic carbocycles. The number of piperidine rings is 1. The molecule has 3 heterocycles. The molecule has 2 aliphatic rings. The molecule has 0 aliphatic carbocycles. The summed E-state index contributed by atoms with van der Waals surface area (Å²) < 4.78 is 29.8. The standard InChI is InChI=1S/C17H20N4O3S/c1-12(22)13-2-6-17(7-3-13)25(23,24)21-14-4-5-15(21)9-16(8-14)20-11-18-10-19-20/h2-3,6-7,10-11,14-16H,4-5,8-9H2,1H3. The fraction of sp³-hybridized carbons (Fsp3) is 0.471. The molecule has 0 radical (unpaired) electrons. The number of hydrogen-bond acceptors (Lipinski definition) is 5. The average Bonchev–Trinajstić information content (AvgIpc) is 3.22. The number of hydrogen-bond donors (Lipinski definition) is 0. The van der Waals surface area contributed by atoms with Crippen molar-refractivity contribution in [3.05, 3.63) is 42.5 Å². The number of benzene rings is 1. The van der Waals surface area contributed by atoms with Crippen LogP contribution in [-0.4, -0.2) is 45.4 Å². The van der Waals surface area contributed by atoms with Gasteiger partial charge in [-0.1, -0.05) is 12.1 Å². The highest BCUT2D eigenvalue weighted by Gasteiger charge is 2.47. The van der Waals surface area contributed by atoms with Gasteiger partial charge in [0.05, 0.1) is 10.9 Å². The first-order valence-corrected chi connectivity index (χ1v) is 9.89. The number of carbonyl (C=O) groups is 1. The number of Topliss-reactive ketones (excluding diaryl/α,β-unsaturated/α-hetero) is 1. The van der Waals surface area contributed by atoms with E-state index in [9.17, 15) is 13.2 Å². The lowest BCUT2D eigenvalue weighted by Crippen LogP contribution is -2.46. The summed E-state index contributed by atoms with van der Waals surface area (Å²) in [5.41, 5.74) is 0.520. The number of nitrogens with zero attached hydrogens (tertiary/aromatic N) is 4. The molecular weight excluding hydrogens is 340 g/mol. The van der Waals surface area contributed by atoms with Crippen molar-refractivity contribution in [3.8, 4) is 0 Å². The van der Waals surface area contributed by atoms with Gasteiger partial charge in [-0.05, 0) is 44.7 Å². The van der Waals surface area contributed by atoms with Crippen molar-refractivity contribution in [2.75, 3.05) is 0 Å². The Labute approximate surface area is 146 Å². The maximum Gasteiger partial charge on any atom is 0.243 e. The maximum atomic E-state index is 13.1. The molecular formula is C17H20N4O3S. The average molecular weight is 360 g/mol. The van der Waals surface area contributed by atoms with E-state index in [1.807, 2.05) is 4.68 Å². The smallest absolute Gasteiger partial charge is 0.243 e. The lowest BCUT2D eigenvalue weighted by Gasteiger charge is -2.37. The van der Waals surface area contributed by atoms with Gasteiger partial charge < -0.3 is 0 Å². The van der Waals surface area contributed by atoms with E-state index in [4.69, 9.17) is 0 Å². The molecule has 0 amide bonds. The van der Waals surface area contributed by atoms with Crippen LogP contribution in [0.15, 0.2) is 41.8 Å². The zero-order chi connectivity index (χ0) is 17.6. The topological polar surface area (TPSA) is 85.2 Å². The molecule has 8 heteroatoms. The molecule has 2 saturated heterocycles. The second-order valence-corrected chi connectivity index (χ2v) is 8.64. The summed E-state index contributed by atoms with van der Waals surface area (Å²) in [6, 6.07) is 6.42. The first-order valence-electron chi connectivity index (χ1n) is 8.45. The van der Waals surface area contributed by atoms with Gasteiger partial charge in [-0.25, -0.2) is 18.1 Å². The monoisotopic (exact) mass is 360 g/mol. The van der Waals surface area contributed by atoms with Crippen LogP contribution in [0.2, 0.25) is 0 Å². The van der Waals surface area contributed by atoms with E-state index in [2.05, 4.69) is 10.1 Å². The Hall–Kier alpha value is -2.06. The molecule has 1 aromatic heterocycles. The van der Waals surface area contributed by atoms with Gasteiger partial charge in [0.1, 0.15) is 12.7 Å². The van der Waals surface area contributed by atoms with E-state index in [0.717, 1.165) is 25.7 Å². The summed E-state index contributed by atoms with van der Waals surface area (Å²) in [6.45, 7) is 1.47. The summed E-state index contributed by atoms with van der Waals surface area (Å²) in [6.07, 6.45) is 6.48. The highest BCUT2D eigenvalue weighted by atomic mass is 32.2. The number of rotatable bonds is 4. The molecule has 2 aromatic rings. The van der Waals surface area contributed by atoms with Crippen LogP contribution in [-0.2, 0) is 10.0 Å². The molecule has 2 fully saturated rings. The van der Waals surface area contributed by atoms with Gasteiger partial charge in [-0.2, -0.15) is 9.40 Å². The molecule has 0 spiro atoms. The van der Waals surface area contributed by atoms with E-state index in [-0.39, 0.29) is 28.8 Å². The minimum absolute atomic E-state index is 0.00886. The molecule has 0 N–H and O–H groups in total. The Morgan fingerprint density at radius 2 is 1.72 bits per heavy atom. The van der Waals surface area contributed by atoms with E-state index < -0.39 is 10.0 Å². The third-order valence-electron chi connectivity index (χ3n) is 5.29. The molecule has 132 valence electrons. The summed E-state index contributed by atoms with van der Waals surface area (Å²) in [7, 11) is -3.56. The van der Waals surface area contributed by atoms with Crippen LogP contribution in [0.25, 0.3) is 0 Å². The number of aromatic nitrogens is 3. The minimum Gasteiger partial charge on any atom is -0.295 e. The number of carbonyl (C=O) groups excluding carboxylic acids is 1. The van der Waals surface area contributed by atoms with Crippen molar-refractivity contribution in [3.63, 3.8) is 0 Å². The van der Waals surface area contributed by atoms with E-state index >= 15 is 0 Å². The third-order valence-corrected chi connectivity index (χ3v) is 7.31. The van der Waals surface area contributed by atoms with Crippen LogP contribution in [0.4, 0.5) is 0 Å². The quantitative estimate of drug-likeness (QED) is 0.779. The largest absolute Gasteiger partial charge is 0.295 e. The van der Waals surface area contributed by atoms with Gasteiger partial charge in [0.15, 0.2) is 5.78 Å². The van der Waals surface area contributed by atoms with Crippen molar-refractivity contribution in [1.82, 2.24) is 19.1 Å². The van der Waals surface area contributed by atoms with Crippen molar-refractivity contribution in [2.24, 2.45) is 0 Å². The summed E-state index contributed by atoms with van der Waals surface area (Å²) >= 11 is 0. The Kier molecular flexibility index (Phi) is 3.96. The van der Waals surface area contributed by atoms with Crippen molar-refractivity contribution in [2.45, 2.75) is 55.6 Å². The van der Waals surface area contributed by atoms with Gasteiger partial charge >= 0.3 is 0 Å². The van der Waals surface area contributed by atoms with Crippen LogP contribution in [0.5, 0.6) is 0 Å². The molecule has 25 heavy (non-hydrogen) atoms. The first kappa shape index (κ1) is 16.4. The van der Waals surface area contributed by atoms with Gasteiger partial charge in [-0.15, -0.1) is 0 Å². The van der Waals surface area contributed by atoms with E-state index in [1.54, 1.807) is 22.8 Å². The first-order chi connectivity index (χ1) is 12.0. The minimum atomic E-state index is -3.56. The normalized spacial score (nSPS) is 26.7. The predicted molar refractivity (Wildman–Crippen MR) is 90.6 cm³/mol. The fourth-order valence-corrected chi connectivity index (χ4v) is 5.99. The van der Waals surface area contributed by atoms with E-state index in [1.165, 1.54) is 25.4 Å². The molecule has 2 atom stereocenters. The number of sulfonamides is 1. The third kappa shape index (κ3) is 2.79. The van der Waals surface area contributed by atoms with Crippen LogP contribution in [0.1, 0.15) is 49.0 Å². The van der Waals surface area contributed by atoms with Crippen molar-refractivity contribution in [1.29, 1.82) is 0 Å². The molecule has 2 bridgehead atoms. The zero-order valence-corrected chi connectivity index (χ0v) is 14.8. The molecule has 4 rings (SSSR count). The second-order valence-electron chi connectivity index (χ2n) is 6.80. The number of fused-ring (bicyclic) bond motifs is 2. The van der Waals surface area contributed by atoms with Gasteiger partial charge in [0.2, 0.25) is 10.0 Å². The summed E-state index contributed by atoms with van der Waals surface area (Å²) in [4.78, 5) is 15.7. The fourth-order valence-electron chi connectivity index (χ4n) is 4.10. The lowest BCUT2D eigenvalue weighted by molar-refractivity contribution is 0.101. The lowest BCUT2D eigenvalue weighted by atomic mass is 10.0. The van der Waals surface area contributed by atoms with Crippen molar-refractivity contribution >= 4 is 15.8 Å². The Balaban J connectivity index is 1.60. The summed E-state index contributed by atoms with van der Waals surface area (Å²) in [5, 5.41) is 4.21. The molecule has 2 aliphatic heterocycles. The van der Waals surface area contributed by atoms with Crippen LogP contribution >= 0.6 is 0 Å². The second kappa shape index (κ2) is 6.03. The Morgan fingerprint density at radius 3 is 2.24 bits per heavy atom. The van der Waals surface area contributed by atoms with E-state index in [0.29, 0.717) is 5.56 Å². The molecule has 2 unspecified atom stereocenters. The van der Waals surface area contributed by atoms with Gasteiger partial charge in [-0.3, -0.25) is 4.79 Å². The Bertz CT molecular complexity index is 863. The molecule has 7 nitrogen and oxygen atoms in total. The van der Waals surface area contributed by atoms with Crippen molar-refractivity contribution < 1.29 is 13.2 Å².